The number of hydrogen-bond donors (Lipinski definition) is 4. The molecule has 6 heteroatoms. The van der Waals surface area contributed by atoms with Crippen molar-refractivity contribution >= 4 is 17.7 Å². The maximum absolute atomic E-state index is 12.1. The topological polar surface area (TPSA) is 86.2 Å². The zero-order valence-electron chi connectivity index (χ0n) is 15.5. The number of amides is 2. The number of aryl methyl sites for hydroxylation is 2. The molecular formula is C20H26N4O2. The SMILES string of the molecule is CCCNC(=N)NC(=O)Nc1c(C)cc(OCc2ccccc2)cc1C. The molecule has 0 spiro atoms. The fourth-order valence-electron chi connectivity index (χ4n) is 2.50. The first-order valence-electron chi connectivity index (χ1n) is 8.68. The lowest BCUT2D eigenvalue weighted by atomic mass is 10.1. The van der Waals surface area contributed by atoms with Gasteiger partial charge in [-0.05, 0) is 49.1 Å². The molecule has 26 heavy (non-hydrogen) atoms. The lowest BCUT2D eigenvalue weighted by Crippen LogP contribution is -2.42. The average molecular weight is 354 g/mol. The van der Waals surface area contributed by atoms with Crippen LogP contribution in [0.3, 0.4) is 0 Å². The molecule has 0 radical (unpaired) electrons. The molecule has 0 fully saturated rings. The lowest BCUT2D eigenvalue weighted by Gasteiger charge is -2.15. The highest BCUT2D eigenvalue weighted by Gasteiger charge is 2.11. The van der Waals surface area contributed by atoms with E-state index in [2.05, 4.69) is 16.0 Å². The molecule has 2 amide bonds. The van der Waals surface area contributed by atoms with E-state index in [-0.39, 0.29) is 5.96 Å². The Bertz CT molecular complexity index is 737. The predicted molar refractivity (Wildman–Crippen MR) is 105 cm³/mol. The minimum absolute atomic E-state index is 0.0116. The first-order chi connectivity index (χ1) is 12.5. The molecule has 0 saturated heterocycles. The van der Waals surface area contributed by atoms with Crippen molar-refractivity contribution in [2.75, 3.05) is 11.9 Å². The first-order valence-corrected chi connectivity index (χ1v) is 8.68. The van der Waals surface area contributed by atoms with Crippen LogP contribution in [0.25, 0.3) is 0 Å². The van der Waals surface area contributed by atoms with Crippen LogP contribution >= 0.6 is 0 Å². The molecule has 0 aliphatic heterocycles. The highest BCUT2D eigenvalue weighted by Crippen LogP contribution is 2.26. The zero-order valence-corrected chi connectivity index (χ0v) is 15.5. The van der Waals surface area contributed by atoms with Crippen molar-refractivity contribution in [1.29, 1.82) is 5.41 Å². The Morgan fingerprint density at radius 3 is 2.38 bits per heavy atom. The maximum atomic E-state index is 12.1. The summed E-state index contributed by atoms with van der Waals surface area (Å²) in [4.78, 5) is 12.1. The van der Waals surface area contributed by atoms with Gasteiger partial charge in [0.2, 0.25) is 0 Å². The second-order valence-electron chi connectivity index (χ2n) is 6.09. The lowest BCUT2D eigenvalue weighted by molar-refractivity contribution is 0.255. The maximum Gasteiger partial charge on any atom is 0.326 e. The van der Waals surface area contributed by atoms with Crippen molar-refractivity contribution < 1.29 is 9.53 Å². The molecule has 6 nitrogen and oxygen atoms in total. The Hall–Kier alpha value is -3.02. The van der Waals surface area contributed by atoms with Crippen LogP contribution in [0.2, 0.25) is 0 Å². The van der Waals surface area contributed by atoms with Crippen LogP contribution < -0.4 is 20.7 Å². The van der Waals surface area contributed by atoms with E-state index >= 15 is 0 Å². The van der Waals surface area contributed by atoms with Crippen molar-refractivity contribution in [3.63, 3.8) is 0 Å². The van der Waals surface area contributed by atoms with Gasteiger partial charge in [0.05, 0.1) is 0 Å². The monoisotopic (exact) mass is 354 g/mol. The third-order valence-electron chi connectivity index (χ3n) is 3.78. The van der Waals surface area contributed by atoms with E-state index < -0.39 is 6.03 Å². The van der Waals surface area contributed by atoms with E-state index in [9.17, 15) is 4.79 Å². The number of carbonyl (C=O) groups is 1. The molecule has 0 aromatic heterocycles. The summed E-state index contributed by atoms with van der Waals surface area (Å²) in [6.07, 6.45) is 0.883. The minimum atomic E-state index is -0.442. The molecule has 4 N–H and O–H groups in total. The van der Waals surface area contributed by atoms with E-state index in [1.807, 2.05) is 63.2 Å². The minimum Gasteiger partial charge on any atom is -0.489 e. The third-order valence-corrected chi connectivity index (χ3v) is 3.78. The summed E-state index contributed by atoms with van der Waals surface area (Å²) in [5.74, 6) is 0.745. The number of ether oxygens (including phenoxy) is 1. The van der Waals surface area contributed by atoms with Crippen molar-refractivity contribution in [3.8, 4) is 5.75 Å². The van der Waals surface area contributed by atoms with Gasteiger partial charge in [0.15, 0.2) is 5.96 Å². The van der Waals surface area contributed by atoms with E-state index in [4.69, 9.17) is 10.1 Å². The van der Waals surface area contributed by atoms with Gasteiger partial charge in [0.1, 0.15) is 12.4 Å². The van der Waals surface area contributed by atoms with Crippen LogP contribution in [0.5, 0.6) is 5.75 Å². The van der Waals surface area contributed by atoms with Crippen molar-refractivity contribution in [2.45, 2.75) is 33.8 Å². The molecular weight excluding hydrogens is 328 g/mol. The Labute approximate surface area is 154 Å². The number of carbonyl (C=O) groups excluding carboxylic acids is 1. The van der Waals surface area contributed by atoms with Gasteiger partial charge in [0, 0.05) is 12.2 Å². The molecule has 0 atom stereocenters. The van der Waals surface area contributed by atoms with E-state index in [1.54, 1.807) is 0 Å². The number of rotatable bonds is 6. The third kappa shape index (κ3) is 5.81. The van der Waals surface area contributed by atoms with Gasteiger partial charge in [-0.1, -0.05) is 37.3 Å². The fraction of sp³-hybridized carbons (Fsp3) is 0.300. The van der Waals surface area contributed by atoms with Crippen LogP contribution in [0.15, 0.2) is 42.5 Å². The average Bonchev–Trinajstić information content (AvgIpc) is 2.62. The smallest absolute Gasteiger partial charge is 0.326 e. The molecule has 0 saturated carbocycles. The standard InChI is InChI=1S/C20H26N4O2/c1-4-10-22-19(21)24-20(25)23-18-14(2)11-17(12-15(18)3)26-13-16-8-6-5-7-9-16/h5-9,11-12H,4,10,13H2,1-3H3,(H4,21,22,23,24,25). The molecule has 2 rings (SSSR count). The van der Waals surface area contributed by atoms with Crippen LogP contribution in [0.1, 0.15) is 30.0 Å². The molecule has 0 unspecified atom stereocenters. The Morgan fingerprint density at radius 1 is 1.12 bits per heavy atom. The van der Waals surface area contributed by atoms with Crippen LogP contribution in [-0.2, 0) is 6.61 Å². The number of benzene rings is 2. The highest BCUT2D eigenvalue weighted by molar-refractivity contribution is 6.02. The van der Waals surface area contributed by atoms with Gasteiger partial charge < -0.3 is 15.4 Å². The molecule has 0 heterocycles. The highest BCUT2D eigenvalue weighted by atomic mass is 16.5. The molecule has 0 aliphatic carbocycles. The summed E-state index contributed by atoms with van der Waals surface area (Å²) in [5, 5.41) is 15.7. The summed E-state index contributed by atoms with van der Waals surface area (Å²) in [5.41, 5.74) is 3.62. The summed E-state index contributed by atoms with van der Waals surface area (Å²) >= 11 is 0. The molecule has 2 aromatic carbocycles. The van der Waals surface area contributed by atoms with Crippen molar-refractivity contribution in [1.82, 2.24) is 10.6 Å². The van der Waals surface area contributed by atoms with Crippen molar-refractivity contribution in [2.24, 2.45) is 0 Å². The van der Waals surface area contributed by atoms with Gasteiger partial charge in [-0.15, -0.1) is 0 Å². The number of guanidine groups is 1. The van der Waals surface area contributed by atoms with Crippen LogP contribution in [-0.4, -0.2) is 18.5 Å². The number of nitrogens with one attached hydrogen (secondary N) is 4. The van der Waals surface area contributed by atoms with Gasteiger partial charge in [-0.2, -0.15) is 0 Å². The molecule has 0 aliphatic rings. The number of urea groups is 1. The number of anilines is 1. The molecule has 2 aromatic rings. The second-order valence-corrected chi connectivity index (χ2v) is 6.09. The van der Waals surface area contributed by atoms with Gasteiger partial charge in [0.25, 0.3) is 0 Å². The number of hydrogen-bond acceptors (Lipinski definition) is 3. The summed E-state index contributed by atoms with van der Waals surface area (Å²) in [7, 11) is 0. The predicted octanol–water partition coefficient (Wildman–Crippen LogP) is 3.94. The molecule has 0 bridgehead atoms. The van der Waals surface area contributed by atoms with Crippen LogP contribution in [0, 0.1) is 19.3 Å². The van der Waals surface area contributed by atoms with Crippen LogP contribution in [0.4, 0.5) is 10.5 Å². The van der Waals surface area contributed by atoms with E-state index in [0.29, 0.717) is 13.2 Å². The zero-order chi connectivity index (χ0) is 18.9. The van der Waals surface area contributed by atoms with Gasteiger partial charge in [-0.3, -0.25) is 10.7 Å². The van der Waals surface area contributed by atoms with E-state index in [0.717, 1.165) is 34.5 Å². The summed E-state index contributed by atoms with van der Waals surface area (Å²) < 4.78 is 5.85. The molecule has 138 valence electrons. The normalized spacial score (nSPS) is 10.1. The van der Waals surface area contributed by atoms with E-state index in [1.165, 1.54) is 0 Å². The van der Waals surface area contributed by atoms with Crippen molar-refractivity contribution in [3.05, 3.63) is 59.2 Å². The summed E-state index contributed by atoms with van der Waals surface area (Å²) in [6.45, 7) is 6.96. The van der Waals surface area contributed by atoms with Gasteiger partial charge in [-0.25, -0.2) is 4.79 Å². The Morgan fingerprint density at radius 2 is 1.77 bits per heavy atom. The Kier molecular flexibility index (Phi) is 7.02. The Balaban J connectivity index is 1.97. The first kappa shape index (κ1) is 19.3. The summed E-state index contributed by atoms with van der Waals surface area (Å²) in [6, 6.07) is 13.3. The fourth-order valence-corrected chi connectivity index (χ4v) is 2.50. The quantitative estimate of drug-likeness (QED) is 0.468. The largest absolute Gasteiger partial charge is 0.489 e. The second kappa shape index (κ2) is 9.46. The van der Waals surface area contributed by atoms with Gasteiger partial charge >= 0.3 is 6.03 Å².